The van der Waals surface area contributed by atoms with Crippen LogP contribution in [0.1, 0.15) is 36.8 Å². The summed E-state index contributed by atoms with van der Waals surface area (Å²) in [6.07, 6.45) is 0.329. The fourth-order valence-corrected chi connectivity index (χ4v) is 3.80. The van der Waals surface area contributed by atoms with Gasteiger partial charge in [0.15, 0.2) is 5.79 Å². The van der Waals surface area contributed by atoms with E-state index in [4.69, 9.17) is 23.1 Å². The summed E-state index contributed by atoms with van der Waals surface area (Å²) in [5.41, 5.74) is 2.35. The quantitative estimate of drug-likeness (QED) is 0.439. The predicted octanol–water partition coefficient (Wildman–Crippen LogP) is 3.58. The number of methoxy groups -OCH3 is 1. The lowest BCUT2D eigenvalue weighted by Gasteiger charge is -2.22. The molecule has 0 saturated carbocycles. The number of hydrogen-bond acceptors (Lipinski definition) is 7. The van der Waals surface area contributed by atoms with Crippen LogP contribution >= 0.6 is 0 Å². The van der Waals surface area contributed by atoms with Gasteiger partial charge in [0.05, 0.1) is 32.7 Å². The molecule has 0 bridgehead atoms. The summed E-state index contributed by atoms with van der Waals surface area (Å²) in [5.74, 6) is 0.0589. The van der Waals surface area contributed by atoms with Crippen LogP contribution in [0, 0.1) is 0 Å². The van der Waals surface area contributed by atoms with Crippen molar-refractivity contribution in [2.45, 2.75) is 45.1 Å². The highest BCUT2D eigenvalue weighted by Gasteiger charge is 2.33. The Morgan fingerprint density at radius 3 is 2.60 bits per heavy atom. The summed E-state index contributed by atoms with van der Waals surface area (Å²) in [7, 11) is -2.17. The second-order valence-electron chi connectivity index (χ2n) is 7.65. The third-order valence-electron chi connectivity index (χ3n) is 4.62. The van der Waals surface area contributed by atoms with E-state index in [0.717, 1.165) is 17.4 Å². The minimum Gasteiger partial charge on any atom is -0.497 e. The summed E-state index contributed by atoms with van der Waals surface area (Å²) < 4.78 is 51.8. The van der Waals surface area contributed by atoms with Gasteiger partial charge in [-0.3, -0.25) is 0 Å². The van der Waals surface area contributed by atoms with E-state index in [1.165, 1.54) is 0 Å². The van der Waals surface area contributed by atoms with Gasteiger partial charge in [-0.05, 0) is 37.1 Å². The second-order valence-corrected chi connectivity index (χ2v) is 9.25. The van der Waals surface area contributed by atoms with Gasteiger partial charge in [0.1, 0.15) is 5.75 Å². The molecule has 1 heterocycles. The van der Waals surface area contributed by atoms with Crippen LogP contribution in [-0.4, -0.2) is 40.3 Å². The van der Waals surface area contributed by atoms with Crippen molar-refractivity contribution in [2.75, 3.05) is 20.0 Å². The maximum Gasteiger partial charge on any atom is 0.267 e. The maximum atomic E-state index is 11.9. The third-order valence-corrected chi connectivity index (χ3v) is 5.15. The van der Waals surface area contributed by atoms with Crippen LogP contribution in [0.25, 0.3) is 0 Å². The van der Waals surface area contributed by atoms with Crippen LogP contribution in [0.5, 0.6) is 5.75 Å². The van der Waals surface area contributed by atoms with Crippen LogP contribution in [0.15, 0.2) is 48.5 Å². The van der Waals surface area contributed by atoms with Gasteiger partial charge in [-0.25, -0.2) is 4.18 Å². The van der Waals surface area contributed by atoms with Gasteiger partial charge in [-0.1, -0.05) is 36.4 Å². The number of rotatable bonds is 9. The van der Waals surface area contributed by atoms with Gasteiger partial charge in [0.25, 0.3) is 10.1 Å². The topological polar surface area (TPSA) is 80.3 Å². The first-order chi connectivity index (χ1) is 14.1. The predicted molar refractivity (Wildman–Crippen MR) is 112 cm³/mol. The van der Waals surface area contributed by atoms with Gasteiger partial charge in [0, 0.05) is 12.0 Å². The highest BCUT2D eigenvalue weighted by molar-refractivity contribution is 7.86. The van der Waals surface area contributed by atoms with E-state index in [1.807, 2.05) is 56.3 Å². The monoisotopic (exact) mass is 436 g/mol. The zero-order chi connectivity index (χ0) is 21.8. The van der Waals surface area contributed by atoms with E-state index in [-0.39, 0.29) is 12.7 Å². The molecule has 2 atom stereocenters. The lowest BCUT2D eigenvalue weighted by Crippen LogP contribution is -2.23. The first-order valence-corrected chi connectivity index (χ1v) is 11.5. The minimum absolute atomic E-state index is 0.140. The number of ether oxygens (including phenoxy) is 4. The van der Waals surface area contributed by atoms with Gasteiger partial charge in [0.2, 0.25) is 6.29 Å². The van der Waals surface area contributed by atoms with Gasteiger partial charge >= 0.3 is 0 Å². The molecule has 0 radical (unpaired) electrons. The molecule has 0 N–H and O–H groups in total. The van der Waals surface area contributed by atoms with E-state index in [2.05, 4.69) is 0 Å². The molecule has 0 aliphatic carbocycles. The highest BCUT2D eigenvalue weighted by Crippen LogP contribution is 2.30. The molecule has 164 valence electrons. The lowest BCUT2D eigenvalue weighted by molar-refractivity contribution is -0.138. The summed E-state index contributed by atoms with van der Waals surface area (Å²) in [5, 5.41) is 0. The SMILES string of the molecule is COc1cccc(COC(OS(C)(=O)=O)c2ccccc2CC2COC(C)(C)O2)c1. The van der Waals surface area contributed by atoms with Crippen molar-refractivity contribution in [3.63, 3.8) is 0 Å². The molecule has 1 saturated heterocycles. The van der Waals surface area contributed by atoms with Gasteiger partial charge < -0.3 is 18.9 Å². The standard InChI is InChI=1S/C22H28O7S/c1-22(2)27-15-19(28-22)13-17-9-5-6-11-20(17)21(29-30(4,23)24)26-14-16-8-7-10-18(12-16)25-3/h5-12,19,21H,13-15H2,1-4H3. The van der Waals surface area contributed by atoms with E-state index < -0.39 is 22.2 Å². The van der Waals surface area contributed by atoms with Crippen molar-refractivity contribution >= 4 is 10.1 Å². The molecule has 2 aromatic carbocycles. The fourth-order valence-electron chi connectivity index (χ4n) is 3.32. The van der Waals surface area contributed by atoms with Crippen molar-refractivity contribution in [2.24, 2.45) is 0 Å². The molecule has 0 spiro atoms. The summed E-state index contributed by atoms with van der Waals surface area (Å²) in [6.45, 7) is 4.35. The molecule has 7 nitrogen and oxygen atoms in total. The Labute approximate surface area is 178 Å². The Balaban J connectivity index is 1.81. The average Bonchev–Trinajstić information content (AvgIpc) is 3.03. The first kappa shape index (κ1) is 22.7. The van der Waals surface area contributed by atoms with E-state index in [9.17, 15) is 8.42 Å². The molecule has 1 fully saturated rings. The average molecular weight is 437 g/mol. The van der Waals surface area contributed by atoms with Gasteiger partial charge in [-0.2, -0.15) is 8.42 Å². The Hall–Kier alpha value is -1.97. The molecule has 0 amide bonds. The first-order valence-electron chi connectivity index (χ1n) is 9.67. The molecule has 1 aliphatic rings. The fraction of sp³-hybridized carbons (Fsp3) is 0.455. The number of benzene rings is 2. The molecule has 1 aliphatic heterocycles. The van der Waals surface area contributed by atoms with Crippen molar-refractivity contribution in [3.05, 3.63) is 65.2 Å². The normalized spacial score (nSPS) is 19.5. The zero-order valence-corrected chi connectivity index (χ0v) is 18.5. The van der Waals surface area contributed by atoms with Crippen LogP contribution in [-0.2, 0) is 41.5 Å². The Bertz CT molecular complexity index is 955. The van der Waals surface area contributed by atoms with Crippen molar-refractivity contribution in [1.82, 2.24) is 0 Å². The molecule has 8 heteroatoms. The van der Waals surface area contributed by atoms with Crippen molar-refractivity contribution in [3.8, 4) is 5.75 Å². The zero-order valence-electron chi connectivity index (χ0n) is 17.7. The molecule has 0 aromatic heterocycles. The number of hydrogen-bond donors (Lipinski definition) is 0. The molecule has 2 unspecified atom stereocenters. The Morgan fingerprint density at radius 1 is 1.17 bits per heavy atom. The Kier molecular flexibility index (Phi) is 7.15. The summed E-state index contributed by atoms with van der Waals surface area (Å²) in [6, 6.07) is 14.8. The van der Waals surface area contributed by atoms with E-state index in [0.29, 0.717) is 24.3 Å². The maximum absolute atomic E-state index is 11.9. The van der Waals surface area contributed by atoms with Gasteiger partial charge in [-0.15, -0.1) is 0 Å². The molecule has 2 aromatic rings. The smallest absolute Gasteiger partial charge is 0.267 e. The largest absolute Gasteiger partial charge is 0.497 e. The molecular weight excluding hydrogens is 408 g/mol. The van der Waals surface area contributed by atoms with Crippen LogP contribution in [0.3, 0.4) is 0 Å². The Morgan fingerprint density at radius 2 is 1.93 bits per heavy atom. The summed E-state index contributed by atoms with van der Waals surface area (Å²) >= 11 is 0. The van der Waals surface area contributed by atoms with E-state index in [1.54, 1.807) is 13.2 Å². The van der Waals surface area contributed by atoms with E-state index >= 15 is 0 Å². The van der Waals surface area contributed by atoms with Crippen molar-refractivity contribution < 1.29 is 31.5 Å². The third kappa shape index (κ3) is 6.52. The summed E-state index contributed by atoms with van der Waals surface area (Å²) in [4.78, 5) is 0. The molecule has 30 heavy (non-hydrogen) atoms. The highest BCUT2D eigenvalue weighted by atomic mass is 32.2. The molecular formula is C22H28O7S. The lowest BCUT2D eigenvalue weighted by atomic mass is 10.0. The molecule has 3 rings (SSSR count). The second kappa shape index (κ2) is 9.45. The van der Waals surface area contributed by atoms with Crippen molar-refractivity contribution in [1.29, 1.82) is 0 Å². The van der Waals surface area contributed by atoms with Crippen LogP contribution in [0.2, 0.25) is 0 Å². The minimum atomic E-state index is -3.76. The van der Waals surface area contributed by atoms with Crippen LogP contribution in [0.4, 0.5) is 0 Å². The van der Waals surface area contributed by atoms with Crippen LogP contribution < -0.4 is 4.74 Å².